The zero-order valence-electron chi connectivity index (χ0n) is 22.8. The van der Waals surface area contributed by atoms with Crippen molar-refractivity contribution in [3.8, 4) is 5.75 Å². The summed E-state index contributed by atoms with van der Waals surface area (Å²) in [6, 6.07) is 14.9. The fraction of sp³-hybridized carbons (Fsp3) is 0.367. The van der Waals surface area contributed by atoms with E-state index in [1.165, 1.54) is 6.20 Å². The lowest BCUT2D eigenvalue weighted by atomic mass is 9.75. The van der Waals surface area contributed by atoms with Crippen molar-refractivity contribution in [3.63, 3.8) is 0 Å². The number of nitrogens with zero attached hydrogens (tertiary/aromatic N) is 2. The number of benzene rings is 2. The van der Waals surface area contributed by atoms with Crippen LogP contribution in [0.4, 0.5) is 0 Å². The third-order valence-electron chi connectivity index (χ3n) is 7.76. The lowest BCUT2D eigenvalue weighted by molar-refractivity contribution is -0.131. The minimum Gasteiger partial charge on any atom is -0.378 e. The molecule has 2 N–H and O–H groups in total. The minimum absolute atomic E-state index is 0.218. The second kappa shape index (κ2) is 11.4. The first-order valence-corrected chi connectivity index (χ1v) is 15.4. The van der Waals surface area contributed by atoms with Crippen LogP contribution in [0, 0.1) is 13.8 Å². The van der Waals surface area contributed by atoms with Crippen LogP contribution in [0.2, 0.25) is 0 Å². The van der Waals surface area contributed by atoms with Gasteiger partial charge in [-0.05, 0) is 61.6 Å². The van der Waals surface area contributed by atoms with Crippen molar-refractivity contribution in [2.45, 2.75) is 63.6 Å². The monoisotopic (exact) mass is 562 g/mol. The van der Waals surface area contributed by atoms with Gasteiger partial charge in [0.15, 0.2) is 5.75 Å². The van der Waals surface area contributed by atoms with Crippen LogP contribution in [0.15, 0.2) is 67.0 Å². The third-order valence-corrected chi connectivity index (χ3v) is 8.49. The zero-order valence-corrected chi connectivity index (χ0v) is 23.6. The van der Waals surface area contributed by atoms with E-state index >= 15 is 0 Å². The summed E-state index contributed by atoms with van der Waals surface area (Å²) < 4.78 is 27.5. The molecule has 9 nitrogen and oxygen atoms in total. The van der Waals surface area contributed by atoms with Crippen LogP contribution < -0.4 is 15.0 Å². The smallest absolute Gasteiger partial charge is 0.262 e. The maximum Gasteiger partial charge on any atom is 0.262 e. The molecule has 210 valence electrons. The van der Waals surface area contributed by atoms with E-state index in [1.54, 1.807) is 35.4 Å². The Labute approximate surface area is 235 Å². The van der Waals surface area contributed by atoms with Crippen molar-refractivity contribution in [1.29, 1.82) is 0 Å². The van der Waals surface area contributed by atoms with Gasteiger partial charge < -0.3 is 9.74 Å². The highest BCUT2D eigenvalue weighted by Gasteiger charge is 2.49. The van der Waals surface area contributed by atoms with Crippen LogP contribution in [0.5, 0.6) is 5.75 Å². The van der Waals surface area contributed by atoms with Gasteiger partial charge in [-0.1, -0.05) is 54.8 Å². The van der Waals surface area contributed by atoms with E-state index in [2.05, 4.69) is 15.2 Å². The van der Waals surface area contributed by atoms with E-state index in [0.29, 0.717) is 29.7 Å². The lowest BCUT2D eigenvalue weighted by Crippen LogP contribution is -2.59. The molecule has 0 saturated heterocycles. The van der Waals surface area contributed by atoms with Gasteiger partial charge in [0.05, 0.1) is 24.4 Å². The molecule has 2 aliphatic rings. The van der Waals surface area contributed by atoms with Gasteiger partial charge in [-0.25, -0.2) is 13.1 Å². The Morgan fingerprint density at radius 1 is 1.02 bits per heavy atom. The topological polar surface area (TPSA) is 118 Å². The number of fused-ring (bicyclic) bond motifs is 1. The number of carbonyl (C=O) groups is 2. The van der Waals surface area contributed by atoms with Gasteiger partial charge in [0.25, 0.3) is 11.8 Å². The van der Waals surface area contributed by atoms with Gasteiger partial charge in [0, 0.05) is 23.8 Å². The number of aromatic nitrogens is 1. The molecule has 1 aliphatic carbocycles. The number of hydroxylamine groups is 1. The molecule has 2 heterocycles. The number of hydrogen-bond donors (Lipinski definition) is 2. The van der Waals surface area contributed by atoms with E-state index in [-0.39, 0.29) is 5.91 Å². The quantitative estimate of drug-likeness (QED) is 0.421. The van der Waals surface area contributed by atoms with Crippen molar-refractivity contribution < 1.29 is 22.8 Å². The standard InChI is InChI=1S/C30H34N4O5S/c1-19-14-15-22(20(2)17-19)28-27(29(35)32-39-21-9-8-16-31-18-21)23-10-4-5-11-24(23)30(36)34(28)26-13-7-6-12-25(26)33-40(3,37)38/h4-5,8-11,14-18,25-28,33H,6-7,12-13H2,1-3H3,(H,32,35)/t25-,26-,27-,28+/m1/s1. The van der Waals surface area contributed by atoms with E-state index in [1.807, 2.05) is 44.2 Å². The molecule has 3 aromatic rings. The van der Waals surface area contributed by atoms with Crippen LogP contribution in [0.25, 0.3) is 0 Å². The van der Waals surface area contributed by atoms with Gasteiger partial charge in [-0.15, -0.1) is 0 Å². The molecule has 0 radical (unpaired) electrons. The van der Waals surface area contributed by atoms with Crippen molar-refractivity contribution in [2.24, 2.45) is 0 Å². The Kier molecular flexibility index (Phi) is 7.91. The predicted octanol–water partition coefficient (Wildman–Crippen LogP) is 3.95. The highest BCUT2D eigenvalue weighted by molar-refractivity contribution is 7.88. The Morgan fingerprint density at radius 2 is 1.80 bits per heavy atom. The molecule has 1 fully saturated rings. The Morgan fingerprint density at radius 3 is 2.52 bits per heavy atom. The average molecular weight is 563 g/mol. The zero-order chi connectivity index (χ0) is 28.4. The number of aryl methyl sites for hydroxylation is 2. The average Bonchev–Trinajstić information content (AvgIpc) is 2.92. The van der Waals surface area contributed by atoms with Crippen LogP contribution in [-0.2, 0) is 14.8 Å². The molecule has 2 aromatic carbocycles. The Hall–Kier alpha value is -3.76. The fourth-order valence-corrected chi connectivity index (χ4v) is 6.95. The number of pyridine rings is 1. The molecule has 1 saturated carbocycles. The molecule has 2 amide bonds. The van der Waals surface area contributed by atoms with E-state index in [0.717, 1.165) is 35.8 Å². The van der Waals surface area contributed by atoms with Crippen molar-refractivity contribution in [2.75, 3.05) is 6.26 Å². The number of nitrogens with one attached hydrogen (secondary N) is 2. The van der Waals surface area contributed by atoms with E-state index < -0.39 is 40.0 Å². The van der Waals surface area contributed by atoms with Crippen molar-refractivity contribution >= 4 is 21.8 Å². The molecular formula is C30H34N4O5S. The summed E-state index contributed by atoms with van der Waals surface area (Å²) in [7, 11) is -3.53. The largest absolute Gasteiger partial charge is 0.378 e. The molecule has 0 spiro atoms. The molecule has 0 unspecified atom stereocenters. The van der Waals surface area contributed by atoms with Crippen molar-refractivity contribution in [3.05, 3.63) is 94.8 Å². The Balaban J connectivity index is 1.65. The maximum atomic E-state index is 14.3. The van der Waals surface area contributed by atoms with Crippen molar-refractivity contribution in [1.82, 2.24) is 20.1 Å². The highest BCUT2D eigenvalue weighted by atomic mass is 32.2. The molecule has 4 atom stereocenters. The first-order valence-electron chi connectivity index (χ1n) is 13.5. The molecule has 10 heteroatoms. The van der Waals surface area contributed by atoms with Crippen LogP contribution >= 0.6 is 0 Å². The van der Waals surface area contributed by atoms with Crippen LogP contribution in [0.1, 0.15) is 70.3 Å². The molecule has 0 bridgehead atoms. The number of amides is 2. The summed E-state index contributed by atoms with van der Waals surface area (Å²) in [5, 5.41) is 0. The van der Waals surface area contributed by atoms with Gasteiger partial charge in [-0.2, -0.15) is 5.48 Å². The first-order chi connectivity index (χ1) is 19.1. The summed E-state index contributed by atoms with van der Waals surface area (Å²) in [5.41, 5.74) is 6.46. The molecule has 40 heavy (non-hydrogen) atoms. The number of carbonyl (C=O) groups excluding carboxylic acids is 2. The normalized spacial score (nSPS) is 22.9. The van der Waals surface area contributed by atoms with Gasteiger partial charge in [-0.3, -0.25) is 14.6 Å². The molecular weight excluding hydrogens is 528 g/mol. The van der Waals surface area contributed by atoms with Crippen LogP contribution in [-0.4, -0.2) is 48.5 Å². The first kappa shape index (κ1) is 27.8. The predicted molar refractivity (Wildman–Crippen MR) is 151 cm³/mol. The SMILES string of the molecule is Cc1ccc([C@H]2[C@H](C(=O)NOc3cccnc3)c3ccccc3C(=O)N2[C@@H]2CCCC[C@H]2NS(C)(=O)=O)c(C)c1. The summed E-state index contributed by atoms with van der Waals surface area (Å²) >= 11 is 0. The van der Waals surface area contributed by atoms with Gasteiger partial charge in [0.1, 0.15) is 0 Å². The van der Waals surface area contributed by atoms with Gasteiger partial charge >= 0.3 is 0 Å². The summed E-state index contributed by atoms with van der Waals surface area (Å²) in [6.07, 6.45) is 7.15. The molecule has 1 aromatic heterocycles. The second-order valence-corrected chi connectivity index (χ2v) is 12.5. The fourth-order valence-electron chi connectivity index (χ4n) is 6.12. The molecule has 1 aliphatic heterocycles. The van der Waals surface area contributed by atoms with E-state index in [4.69, 9.17) is 4.84 Å². The van der Waals surface area contributed by atoms with Gasteiger partial charge in [0.2, 0.25) is 10.0 Å². The maximum absolute atomic E-state index is 14.3. The lowest BCUT2D eigenvalue weighted by Gasteiger charge is -2.49. The molecule has 5 rings (SSSR count). The number of sulfonamides is 1. The third kappa shape index (κ3) is 5.73. The summed E-state index contributed by atoms with van der Waals surface area (Å²) in [5.74, 6) is -1.07. The summed E-state index contributed by atoms with van der Waals surface area (Å²) in [6.45, 7) is 3.97. The van der Waals surface area contributed by atoms with E-state index in [9.17, 15) is 18.0 Å². The highest BCUT2D eigenvalue weighted by Crippen LogP contribution is 2.46. The minimum atomic E-state index is -3.53. The van der Waals surface area contributed by atoms with Crippen LogP contribution in [0.3, 0.4) is 0 Å². The summed E-state index contributed by atoms with van der Waals surface area (Å²) in [4.78, 5) is 39.7. The second-order valence-electron chi connectivity index (χ2n) is 10.7. The Bertz CT molecular complexity index is 1510. The number of rotatable bonds is 7. The number of hydrogen-bond acceptors (Lipinski definition) is 6.